The standard InChI is InChI=1S/C82H160O17P2/c1-8-9-10-11-12-13-14-20-27-35-42-49-56-63-79(84)92-70-78(99-82(87)66-59-52-45-38-31-30-34-41-48-55-62-75(6)7)72-97-101(90,91)95-68-76(83)67-94-100(88,89)96-71-77(69-93-80(85)64-57-50-43-36-28-23-19-18-22-26-33-40-47-54-61-74(4)5)98-81(86)65-58-51-44-37-29-24-17-15-16-21-25-32-39-46-53-60-73(2)3/h73-78,83H,8-72H2,1-7H3,(H,88,89)(H,90,91)/t76-,77-,78-/m1/s1. The largest absolute Gasteiger partial charge is 0.472 e. The van der Waals surface area contributed by atoms with Crippen molar-refractivity contribution in [1.82, 2.24) is 0 Å². The number of ether oxygens (including phenoxy) is 4. The number of hydrogen-bond acceptors (Lipinski definition) is 15. The molecule has 0 heterocycles. The molecule has 0 rings (SSSR count). The molecule has 600 valence electrons. The summed E-state index contributed by atoms with van der Waals surface area (Å²) in [5.74, 6) is 0.246. The number of aliphatic hydroxyl groups is 1. The predicted molar refractivity (Wildman–Crippen MR) is 414 cm³/mol. The number of rotatable bonds is 80. The van der Waals surface area contributed by atoms with Crippen molar-refractivity contribution in [3.8, 4) is 0 Å². The molecule has 0 aliphatic carbocycles. The summed E-state index contributed by atoms with van der Waals surface area (Å²) >= 11 is 0. The highest BCUT2D eigenvalue weighted by Gasteiger charge is 2.30. The maximum atomic E-state index is 13.1. The van der Waals surface area contributed by atoms with Crippen molar-refractivity contribution < 1.29 is 80.2 Å². The van der Waals surface area contributed by atoms with Gasteiger partial charge in [0, 0.05) is 25.7 Å². The first-order valence-electron chi connectivity index (χ1n) is 42.3. The van der Waals surface area contributed by atoms with E-state index in [1.807, 2.05) is 0 Å². The zero-order valence-corrected chi connectivity index (χ0v) is 68.2. The fraction of sp³-hybridized carbons (Fsp3) is 0.951. The van der Waals surface area contributed by atoms with Gasteiger partial charge in [0.25, 0.3) is 0 Å². The van der Waals surface area contributed by atoms with Crippen molar-refractivity contribution in [3.05, 3.63) is 0 Å². The van der Waals surface area contributed by atoms with E-state index >= 15 is 0 Å². The van der Waals surface area contributed by atoms with Crippen LogP contribution in [0.25, 0.3) is 0 Å². The lowest BCUT2D eigenvalue weighted by atomic mass is 10.0. The van der Waals surface area contributed by atoms with Crippen LogP contribution in [0.15, 0.2) is 0 Å². The van der Waals surface area contributed by atoms with Gasteiger partial charge >= 0.3 is 39.5 Å². The SMILES string of the molecule is CCCCCCCCCCCCCCCC(=O)OC[C@H](COP(=O)(O)OC[C@H](O)COP(=O)(O)OC[C@@H](COC(=O)CCCCCCCCCCCCCCCCC(C)C)OC(=O)CCCCCCCCCCCCCCCCCC(C)C)OC(=O)CCCCCCCCCCCCC(C)C. The first kappa shape index (κ1) is 99.1. The Bertz CT molecular complexity index is 1960. The van der Waals surface area contributed by atoms with Gasteiger partial charge in [-0.3, -0.25) is 37.3 Å². The second-order valence-corrected chi connectivity index (χ2v) is 33.8. The minimum Gasteiger partial charge on any atom is -0.462 e. The fourth-order valence-corrected chi connectivity index (χ4v) is 14.2. The molecule has 17 nitrogen and oxygen atoms in total. The average Bonchev–Trinajstić information content (AvgIpc) is 0.943. The number of carbonyl (C=O) groups excluding carboxylic acids is 4. The number of phosphoric acid groups is 2. The van der Waals surface area contributed by atoms with Crippen molar-refractivity contribution in [2.24, 2.45) is 17.8 Å². The van der Waals surface area contributed by atoms with E-state index in [0.29, 0.717) is 25.7 Å². The Morgan fingerprint density at radius 2 is 0.455 bits per heavy atom. The first-order valence-corrected chi connectivity index (χ1v) is 45.3. The molecule has 0 radical (unpaired) electrons. The molecule has 2 unspecified atom stereocenters. The molecule has 0 spiro atoms. The summed E-state index contributed by atoms with van der Waals surface area (Å²) in [5.41, 5.74) is 0. The van der Waals surface area contributed by atoms with Gasteiger partial charge in [-0.05, 0) is 43.4 Å². The Morgan fingerprint density at radius 3 is 0.673 bits per heavy atom. The summed E-state index contributed by atoms with van der Waals surface area (Å²) in [6.45, 7) is 12.0. The van der Waals surface area contributed by atoms with Gasteiger partial charge in [0.2, 0.25) is 0 Å². The molecular formula is C82H160O17P2. The molecule has 0 aromatic heterocycles. The molecule has 0 aromatic carbocycles. The van der Waals surface area contributed by atoms with Crippen LogP contribution in [0.4, 0.5) is 0 Å². The van der Waals surface area contributed by atoms with E-state index in [1.165, 1.54) is 238 Å². The molecule has 101 heavy (non-hydrogen) atoms. The zero-order chi connectivity index (χ0) is 74.4. The number of carbonyl (C=O) groups is 4. The van der Waals surface area contributed by atoms with Crippen LogP contribution in [0.3, 0.4) is 0 Å². The average molecular weight is 1480 g/mol. The minimum atomic E-state index is -4.96. The van der Waals surface area contributed by atoms with Gasteiger partial charge in [0.05, 0.1) is 26.4 Å². The Morgan fingerprint density at radius 1 is 0.267 bits per heavy atom. The molecular weight excluding hydrogens is 1320 g/mol. The molecule has 0 amide bonds. The Kier molecular flexibility index (Phi) is 70.9. The van der Waals surface area contributed by atoms with Gasteiger partial charge in [-0.1, -0.05) is 376 Å². The number of esters is 4. The van der Waals surface area contributed by atoms with Crippen molar-refractivity contribution >= 4 is 39.5 Å². The number of unbranched alkanes of at least 4 members (excludes halogenated alkanes) is 48. The molecule has 0 saturated heterocycles. The highest BCUT2D eigenvalue weighted by atomic mass is 31.2. The Hall–Kier alpha value is -1.94. The quantitative estimate of drug-likeness (QED) is 0.0222. The molecule has 0 saturated carbocycles. The van der Waals surface area contributed by atoms with Crippen LogP contribution in [0.2, 0.25) is 0 Å². The molecule has 0 aliphatic rings. The van der Waals surface area contributed by atoms with Crippen LogP contribution < -0.4 is 0 Å². The summed E-state index contributed by atoms with van der Waals surface area (Å²) in [7, 11) is -9.92. The minimum absolute atomic E-state index is 0.106. The van der Waals surface area contributed by atoms with E-state index in [4.69, 9.17) is 37.0 Å². The molecule has 5 atom stereocenters. The van der Waals surface area contributed by atoms with Crippen molar-refractivity contribution in [3.63, 3.8) is 0 Å². The lowest BCUT2D eigenvalue weighted by Crippen LogP contribution is -2.30. The maximum Gasteiger partial charge on any atom is 0.472 e. The summed E-state index contributed by atoms with van der Waals surface area (Å²) < 4.78 is 68.8. The van der Waals surface area contributed by atoms with E-state index in [-0.39, 0.29) is 25.7 Å². The number of aliphatic hydroxyl groups excluding tert-OH is 1. The van der Waals surface area contributed by atoms with Crippen molar-refractivity contribution in [1.29, 1.82) is 0 Å². The van der Waals surface area contributed by atoms with E-state index < -0.39 is 97.5 Å². The van der Waals surface area contributed by atoms with Crippen LogP contribution in [0, 0.1) is 17.8 Å². The van der Waals surface area contributed by atoms with Crippen LogP contribution in [0.5, 0.6) is 0 Å². The van der Waals surface area contributed by atoms with Gasteiger partial charge in [-0.15, -0.1) is 0 Å². The van der Waals surface area contributed by atoms with Crippen LogP contribution in [0.1, 0.15) is 427 Å². The Labute approximate surface area is 619 Å². The van der Waals surface area contributed by atoms with E-state index in [1.54, 1.807) is 0 Å². The molecule has 0 aromatic rings. The van der Waals surface area contributed by atoms with Crippen LogP contribution in [-0.2, 0) is 65.4 Å². The van der Waals surface area contributed by atoms with E-state index in [2.05, 4.69) is 48.5 Å². The topological polar surface area (TPSA) is 237 Å². The monoisotopic (exact) mass is 1480 g/mol. The number of phosphoric ester groups is 2. The summed E-state index contributed by atoms with van der Waals surface area (Å²) in [6, 6.07) is 0. The summed E-state index contributed by atoms with van der Waals surface area (Å²) in [4.78, 5) is 73.1. The molecule has 0 bridgehead atoms. The number of hydrogen-bond donors (Lipinski definition) is 3. The van der Waals surface area contributed by atoms with Gasteiger partial charge in [-0.25, -0.2) is 9.13 Å². The maximum absolute atomic E-state index is 13.1. The third-order valence-corrected chi connectivity index (χ3v) is 21.0. The van der Waals surface area contributed by atoms with Crippen LogP contribution in [-0.4, -0.2) is 96.7 Å². The van der Waals surface area contributed by atoms with Crippen molar-refractivity contribution in [2.75, 3.05) is 39.6 Å². The lowest BCUT2D eigenvalue weighted by Gasteiger charge is -2.21. The lowest BCUT2D eigenvalue weighted by molar-refractivity contribution is -0.161. The highest BCUT2D eigenvalue weighted by molar-refractivity contribution is 7.47. The molecule has 0 aliphatic heterocycles. The predicted octanol–water partition coefficient (Wildman–Crippen LogP) is 24.5. The molecule has 19 heteroatoms. The fourth-order valence-electron chi connectivity index (χ4n) is 12.7. The first-order chi connectivity index (χ1) is 48.7. The smallest absolute Gasteiger partial charge is 0.462 e. The Balaban J connectivity index is 5.26. The van der Waals surface area contributed by atoms with Gasteiger partial charge < -0.3 is 33.8 Å². The third kappa shape index (κ3) is 76.1. The normalized spacial score (nSPS) is 14.0. The second kappa shape index (κ2) is 72.3. The molecule has 0 fully saturated rings. The van der Waals surface area contributed by atoms with Crippen LogP contribution >= 0.6 is 15.6 Å². The van der Waals surface area contributed by atoms with Gasteiger partial charge in [-0.2, -0.15) is 0 Å². The third-order valence-electron chi connectivity index (χ3n) is 19.1. The summed E-state index contributed by atoms with van der Waals surface area (Å²) in [5, 5.41) is 10.7. The van der Waals surface area contributed by atoms with Gasteiger partial charge in [0.15, 0.2) is 12.2 Å². The second-order valence-electron chi connectivity index (χ2n) is 30.9. The van der Waals surface area contributed by atoms with Gasteiger partial charge in [0.1, 0.15) is 19.3 Å². The van der Waals surface area contributed by atoms with Crippen molar-refractivity contribution in [2.45, 2.75) is 446 Å². The summed E-state index contributed by atoms with van der Waals surface area (Å²) in [6.07, 6.45) is 60.9. The van der Waals surface area contributed by atoms with E-state index in [9.17, 15) is 43.2 Å². The molecule has 3 N–H and O–H groups in total. The zero-order valence-electron chi connectivity index (χ0n) is 66.4. The highest BCUT2D eigenvalue weighted by Crippen LogP contribution is 2.45. The van der Waals surface area contributed by atoms with E-state index in [0.717, 1.165) is 108 Å².